The fraction of sp³-hybridized carbons (Fsp3) is 0.800. The zero-order valence-corrected chi connectivity index (χ0v) is 4.72. The molecule has 43 valence electrons. The second kappa shape index (κ2) is 2.99. The van der Waals surface area contributed by atoms with Gasteiger partial charge in [0.15, 0.2) is 0 Å². The molecule has 0 spiro atoms. The van der Waals surface area contributed by atoms with Crippen LogP contribution in [0.5, 0.6) is 0 Å². The Balaban J connectivity index is 3.14. The second-order valence-corrected chi connectivity index (χ2v) is 1.84. The average molecular weight is 101 g/mol. The molecule has 0 amide bonds. The molecule has 1 unspecified atom stereocenters. The topological polar surface area (TPSA) is 52.0 Å². The lowest BCUT2D eigenvalue weighted by atomic mass is 10.1. The van der Waals surface area contributed by atoms with Gasteiger partial charge in [-0.15, -0.1) is 0 Å². The van der Waals surface area contributed by atoms with Crippen LogP contribution in [0.15, 0.2) is 0 Å². The lowest BCUT2D eigenvalue weighted by Crippen LogP contribution is -2.36. The third-order valence-corrected chi connectivity index (χ3v) is 1.11. The molecule has 0 aromatic carbocycles. The summed E-state index contributed by atoms with van der Waals surface area (Å²) in [5.41, 5.74) is 10.6. The van der Waals surface area contributed by atoms with E-state index in [2.05, 4.69) is 6.92 Å². The molecule has 0 saturated carbocycles. The maximum absolute atomic E-state index is 5.28. The highest BCUT2D eigenvalue weighted by Gasteiger charge is 2.01. The van der Waals surface area contributed by atoms with E-state index in [1.54, 1.807) is 0 Å². The molecule has 0 heterocycles. The van der Waals surface area contributed by atoms with E-state index in [9.17, 15) is 0 Å². The van der Waals surface area contributed by atoms with Crippen LogP contribution >= 0.6 is 0 Å². The standard InChI is InChI=1S/C5H13N2/c1-3-4(2)5(6)7/h4-5H,1,3,6-7H2,2H3. The van der Waals surface area contributed by atoms with Gasteiger partial charge in [0.2, 0.25) is 0 Å². The highest BCUT2D eigenvalue weighted by Crippen LogP contribution is 1.98. The van der Waals surface area contributed by atoms with Crippen LogP contribution in [-0.2, 0) is 0 Å². The summed E-state index contributed by atoms with van der Waals surface area (Å²) in [4.78, 5) is 0. The van der Waals surface area contributed by atoms with E-state index in [-0.39, 0.29) is 6.17 Å². The van der Waals surface area contributed by atoms with Gasteiger partial charge in [-0.05, 0) is 12.3 Å². The van der Waals surface area contributed by atoms with Crippen LogP contribution in [0.4, 0.5) is 0 Å². The molecule has 1 radical (unpaired) electrons. The first kappa shape index (κ1) is 6.92. The van der Waals surface area contributed by atoms with Gasteiger partial charge in [-0.3, -0.25) is 0 Å². The van der Waals surface area contributed by atoms with E-state index in [0.29, 0.717) is 5.92 Å². The van der Waals surface area contributed by atoms with Crippen molar-refractivity contribution in [3.05, 3.63) is 6.92 Å². The quantitative estimate of drug-likeness (QED) is 0.484. The Kier molecular flexibility index (Phi) is 2.96. The van der Waals surface area contributed by atoms with Crippen molar-refractivity contribution in [1.29, 1.82) is 0 Å². The van der Waals surface area contributed by atoms with Crippen LogP contribution in [-0.4, -0.2) is 6.17 Å². The monoisotopic (exact) mass is 101 g/mol. The summed E-state index contributed by atoms with van der Waals surface area (Å²) < 4.78 is 0. The van der Waals surface area contributed by atoms with Crippen molar-refractivity contribution in [3.8, 4) is 0 Å². The summed E-state index contributed by atoms with van der Waals surface area (Å²) in [7, 11) is 0. The molecule has 0 aromatic rings. The van der Waals surface area contributed by atoms with Crippen molar-refractivity contribution < 1.29 is 0 Å². The molecule has 0 bridgehead atoms. The number of hydrogen-bond donors (Lipinski definition) is 2. The molecule has 4 N–H and O–H groups in total. The molecule has 0 aliphatic carbocycles. The van der Waals surface area contributed by atoms with Gasteiger partial charge >= 0.3 is 0 Å². The van der Waals surface area contributed by atoms with Crippen LogP contribution in [0.25, 0.3) is 0 Å². The average Bonchev–Trinajstić information content (AvgIpc) is 1.65. The lowest BCUT2D eigenvalue weighted by Gasteiger charge is -2.10. The fourth-order valence-electron chi connectivity index (χ4n) is 0.192. The van der Waals surface area contributed by atoms with Crippen molar-refractivity contribution >= 4 is 0 Å². The zero-order chi connectivity index (χ0) is 5.86. The Morgan fingerprint density at radius 2 is 2.00 bits per heavy atom. The highest BCUT2D eigenvalue weighted by molar-refractivity contribution is 4.61. The van der Waals surface area contributed by atoms with Gasteiger partial charge in [0, 0.05) is 0 Å². The maximum atomic E-state index is 5.28. The number of rotatable bonds is 2. The van der Waals surface area contributed by atoms with Crippen molar-refractivity contribution in [2.75, 3.05) is 0 Å². The summed E-state index contributed by atoms with van der Waals surface area (Å²) in [6.07, 6.45) is 0.620. The normalized spacial score (nSPS) is 15.0. The van der Waals surface area contributed by atoms with E-state index in [0.717, 1.165) is 6.42 Å². The van der Waals surface area contributed by atoms with Crippen LogP contribution in [0.1, 0.15) is 13.3 Å². The minimum Gasteiger partial charge on any atom is -0.316 e. The first-order chi connectivity index (χ1) is 3.18. The summed E-state index contributed by atoms with van der Waals surface area (Å²) >= 11 is 0. The first-order valence-corrected chi connectivity index (χ1v) is 2.49. The van der Waals surface area contributed by atoms with Gasteiger partial charge < -0.3 is 11.5 Å². The second-order valence-electron chi connectivity index (χ2n) is 1.84. The summed E-state index contributed by atoms with van der Waals surface area (Å²) in [5.74, 6) is 0.347. The molecular weight excluding hydrogens is 88.1 g/mol. The molecule has 0 aliphatic heterocycles. The maximum Gasteiger partial charge on any atom is 0.0547 e. The van der Waals surface area contributed by atoms with Crippen LogP contribution in [0.3, 0.4) is 0 Å². The predicted octanol–water partition coefficient (Wildman–Crippen LogP) is 0.0902. The van der Waals surface area contributed by atoms with E-state index in [4.69, 9.17) is 11.5 Å². The Labute approximate surface area is 44.9 Å². The van der Waals surface area contributed by atoms with Crippen LogP contribution in [0, 0.1) is 12.8 Å². The lowest BCUT2D eigenvalue weighted by molar-refractivity contribution is 0.471. The zero-order valence-electron chi connectivity index (χ0n) is 4.72. The van der Waals surface area contributed by atoms with E-state index >= 15 is 0 Å². The van der Waals surface area contributed by atoms with Gasteiger partial charge in [-0.25, -0.2) is 0 Å². The van der Waals surface area contributed by atoms with Crippen LogP contribution in [0.2, 0.25) is 0 Å². The van der Waals surface area contributed by atoms with Crippen molar-refractivity contribution in [1.82, 2.24) is 0 Å². The third-order valence-electron chi connectivity index (χ3n) is 1.11. The van der Waals surface area contributed by atoms with E-state index in [1.807, 2.05) is 6.92 Å². The number of nitrogens with two attached hydrogens (primary N) is 2. The van der Waals surface area contributed by atoms with Gasteiger partial charge in [-0.2, -0.15) is 0 Å². The molecule has 0 rings (SSSR count). The molecule has 0 saturated heterocycles. The van der Waals surface area contributed by atoms with Gasteiger partial charge in [-0.1, -0.05) is 13.8 Å². The molecule has 0 fully saturated rings. The molecule has 2 heteroatoms. The Bertz CT molecular complexity index is 43.3. The highest BCUT2D eigenvalue weighted by atomic mass is 14.9. The van der Waals surface area contributed by atoms with Crippen LogP contribution < -0.4 is 11.5 Å². The number of hydrogen-bond acceptors (Lipinski definition) is 2. The molecule has 7 heavy (non-hydrogen) atoms. The minimum absolute atomic E-state index is 0.197. The molecule has 0 aliphatic rings. The first-order valence-electron chi connectivity index (χ1n) is 2.49. The SMILES string of the molecule is [CH2]CC(C)C(N)N. The van der Waals surface area contributed by atoms with Crippen molar-refractivity contribution in [2.24, 2.45) is 17.4 Å². The van der Waals surface area contributed by atoms with Crippen molar-refractivity contribution in [3.63, 3.8) is 0 Å². The fourth-order valence-corrected chi connectivity index (χ4v) is 0.192. The molecule has 2 nitrogen and oxygen atoms in total. The van der Waals surface area contributed by atoms with E-state index in [1.165, 1.54) is 0 Å². The molecule has 0 aromatic heterocycles. The smallest absolute Gasteiger partial charge is 0.0547 e. The molecular formula is C5H13N2. The summed E-state index contributed by atoms with van der Waals surface area (Å²) in [6, 6.07) is 0. The van der Waals surface area contributed by atoms with Gasteiger partial charge in [0.05, 0.1) is 6.17 Å². The molecule has 1 atom stereocenters. The third kappa shape index (κ3) is 2.60. The summed E-state index contributed by atoms with van der Waals surface area (Å²) in [5, 5.41) is 0. The van der Waals surface area contributed by atoms with Crippen molar-refractivity contribution in [2.45, 2.75) is 19.5 Å². The largest absolute Gasteiger partial charge is 0.316 e. The minimum atomic E-state index is -0.197. The Morgan fingerprint density at radius 1 is 1.57 bits per heavy atom. The predicted molar refractivity (Wildman–Crippen MR) is 31.3 cm³/mol. The Hall–Kier alpha value is -0.0800. The van der Waals surface area contributed by atoms with Gasteiger partial charge in [0.1, 0.15) is 0 Å². The Morgan fingerprint density at radius 3 is 2.00 bits per heavy atom. The van der Waals surface area contributed by atoms with Gasteiger partial charge in [0.25, 0.3) is 0 Å². The van der Waals surface area contributed by atoms with E-state index < -0.39 is 0 Å². The summed E-state index contributed by atoms with van der Waals surface area (Å²) in [6.45, 7) is 5.63.